The number of anilines is 2. The lowest BCUT2D eigenvalue weighted by Crippen LogP contribution is -2.10. The van der Waals surface area contributed by atoms with Crippen molar-refractivity contribution < 1.29 is 9.84 Å². The molecule has 3 N–H and O–H groups in total. The topological polar surface area (TPSA) is 79.3 Å². The van der Waals surface area contributed by atoms with Gasteiger partial charge in [0.1, 0.15) is 18.2 Å². The molecule has 84 valence electrons. The van der Waals surface area contributed by atoms with Crippen molar-refractivity contribution in [1.82, 2.24) is 9.97 Å². The van der Waals surface area contributed by atoms with E-state index in [0.717, 1.165) is 5.82 Å². The number of aliphatic hydroxyl groups is 1. The van der Waals surface area contributed by atoms with Crippen LogP contribution in [0.2, 0.25) is 0 Å². The van der Waals surface area contributed by atoms with Crippen LogP contribution in [0.5, 0.6) is 0 Å². The minimum absolute atomic E-state index is 0.0680. The summed E-state index contributed by atoms with van der Waals surface area (Å²) in [7, 11) is 3.38. The molecule has 6 heteroatoms. The minimum atomic E-state index is 0.0680. The van der Waals surface area contributed by atoms with Crippen LogP contribution in [0.25, 0.3) is 0 Å². The van der Waals surface area contributed by atoms with Gasteiger partial charge in [-0.2, -0.15) is 0 Å². The smallest absolute Gasteiger partial charge is 0.158 e. The van der Waals surface area contributed by atoms with E-state index in [4.69, 9.17) is 9.84 Å². The predicted octanol–water partition coefficient (Wildman–Crippen LogP) is 0.0689. The van der Waals surface area contributed by atoms with Gasteiger partial charge in [0.15, 0.2) is 5.82 Å². The zero-order chi connectivity index (χ0) is 11.1. The lowest BCUT2D eigenvalue weighted by atomic mass is 10.4. The molecule has 0 amide bonds. The molecule has 1 heterocycles. The number of nitrogens with zero attached hydrogens (tertiary/aromatic N) is 2. The molecule has 1 aromatic heterocycles. The molecule has 0 radical (unpaired) electrons. The van der Waals surface area contributed by atoms with E-state index in [1.165, 1.54) is 0 Å². The first-order chi connectivity index (χ1) is 7.30. The molecule has 1 rings (SSSR count). The highest BCUT2D eigenvalue weighted by Crippen LogP contribution is 2.10. The lowest BCUT2D eigenvalue weighted by molar-refractivity contribution is 0.178. The molecule has 0 atom stereocenters. The summed E-state index contributed by atoms with van der Waals surface area (Å²) in [5.74, 6) is 2.00. The normalized spacial score (nSPS) is 10.1. The van der Waals surface area contributed by atoms with Gasteiger partial charge in [-0.15, -0.1) is 0 Å². The van der Waals surface area contributed by atoms with Gasteiger partial charge in [0, 0.05) is 26.8 Å². The summed E-state index contributed by atoms with van der Waals surface area (Å²) in [6.45, 7) is 0.897. The zero-order valence-electron chi connectivity index (χ0n) is 8.95. The highest BCUT2D eigenvalue weighted by Gasteiger charge is 2.02. The van der Waals surface area contributed by atoms with Crippen LogP contribution >= 0.6 is 0 Å². The lowest BCUT2D eigenvalue weighted by Gasteiger charge is -2.08. The first-order valence-electron chi connectivity index (χ1n) is 4.69. The SMILES string of the molecule is CNc1cc(NCCO)nc(COC)n1. The van der Waals surface area contributed by atoms with Crippen molar-refractivity contribution in [1.29, 1.82) is 0 Å². The Morgan fingerprint density at radius 2 is 2.13 bits per heavy atom. The average Bonchev–Trinajstić information content (AvgIpc) is 2.26. The first kappa shape index (κ1) is 11.7. The summed E-state index contributed by atoms with van der Waals surface area (Å²) < 4.78 is 4.96. The molecule has 0 aromatic carbocycles. The van der Waals surface area contributed by atoms with Crippen molar-refractivity contribution in [2.24, 2.45) is 0 Å². The first-order valence-corrected chi connectivity index (χ1v) is 4.69. The van der Waals surface area contributed by atoms with E-state index in [1.807, 2.05) is 0 Å². The fourth-order valence-electron chi connectivity index (χ4n) is 1.09. The van der Waals surface area contributed by atoms with Gasteiger partial charge >= 0.3 is 0 Å². The number of hydrogen-bond acceptors (Lipinski definition) is 6. The van der Waals surface area contributed by atoms with E-state index in [0.29, 0.717) is 24.8 Å². The standard InChI is InChI=1S/C9H16N4O2/c1-10-7-5-8(11-3-4-14)13-9(12-7)6-15-2/h5,14H,3-4,6H2,1-2H3,(H2,10,11,12,13). The second kappa shape index (κ2) is 6.15. The van der Waals surface area contributed by atoms with Crippen LogP contribution in [0.1, 0.15) is 5.82 Å². The average molecular weight is 212 g/mol. The highest BCUT2D eigenvalue weighted by molar-refractivity contribution is 5.47. The Balaban J connectivity index is 2.79. The predicted molar refractivity (Wildman–Crippen MR) is 57.9 cm³/mol. The molecular weight excluding hydrogens is 196 g/mol. The van der Waals surface area contributed by atoms with Crippen LogP contribution in [-0.2, 0) is 11.3 Å². The number of nitrogens with one attached hydrogen (secondary N) is 2. The zero-order valence-corrected chi connectivity index (χ0v) is 8.95. The highest BCUT2D eigenvalue weighted by atomic mass is 16.5. The van der Waals surface area contributed by atoms with Gasteiger partial charge in [0.05, 0.1) is 6.61 Å². The fraction of sp³-hybridized carbons (Fsp3) is 0.556. The van der Waals surface area contributed by atoms with E-state index < -0.39 is 0 Å². The summed E-state index contributed by atoms with van der Waals surface area (Å²) in [6.07, 6.45) is 0. The Kier molecular flexibility index (Phi) is 4.79. The molecule has 0 saturated carbocycles. The second-order valence-corrected chi connectivity index (χ2v) is 2.89. The molecule has 6 nitrogen and oxygen atoms in total. The summed E-state index contributed by atoms with van der Waals surface area (Å²) in [5.41, 5.74) is 0. The van der Waals surface area contributed by atoms with Gasteiger partial charge in [-0.1, -0.05) is 0 Å². The number of aliphatic hydroxyl groups excluding tert-OH is 1. The molecule has 0 aliphatic rings. The van der Waals surface area contributed by atoms with Crippen molar-refractivity contribution in [2.75, 3.05) is 37.9 Å². The number of hydrogen-bond donors (Lipinski definition) is 3. The Morgan fingerprint density at radius 3 is 2.73 bits per heavy atom. The molecule has 0 aliphatic heterocycles. The third kappa shape index (κ3) is 3.69. The molecule has 0 spiro atoms. The number of ether oxygens (including phenoxy) is 1. The monoisotopic (exact) mass is 212 g/mol. The van der Waals surface area contributed by atoms with Gasteiger partial charge < -0.3 is 20.5 Å². The van der Waals surface area contributed by atoms with E-state index in [9.17, 15) is 0 Å². The summed E-state index contributed by atoms with van der Waals surface area (Å²) in [5, 5.41) is 14.6. The second-order valence-electron chi connectivity index (χ2n) is 2.89. The van der Waals surface area contributed by atoms with Crippen molar-refractivity contribution in [3.8, 4) is 0 Å². The molecular formula is C9H16N4O2. The van der Waals surface area contributed by atoms with Crippen LogP contribution in [0, 0.1) is 0 Å². The maximum absolute atomic E-state index is 8.68. The van der Waals surface area contributed by atoms with E-state index >= 15 is 0 Å². The van der Waals surface area contributed by atoms with Gasteiger partial charge in [-0.05, 0) is 0 Å². The number of rotatable bonds is 6. The van der Waals surface area contributed by atoms with Crippen LogP contribution in [-0.4, -0.2) is 42.4 Å². The van der Waals surface area contributed by atoms with E-state index in [-0.39, 0.29) is 6.61 Å². The Labute approximate surface area is 88.7 Å². The fourth-order valence-corrected chi connectivity index (χ4v) is 1.09. The minimum Gasteiger partial charge on any atom is -0.395 e. The Morgan fingerprint density at radius 1 is 1.40 bits per heavy atom. The van der Waals surface area contributed by atoms with Crippen molar-refractivity contribution in [3.63, 3.8) is 0 Å². The van der Waals surface area contributed by atoms with Gasteiger partial charge in [0.2, 0.25) is 0 Å². The van der Waals surface area contributed by atoms with Crippen molar-refractivity contribution in [3.05, 3.63) is 11.9 Å². The van der Waals surface area contributed by atoms with Crippen molar-refractivity contribution in [2.45, 2.75) is 6.61 Å². The molecule has 15 heavy (non-hydrogen) atoms. The van der Waals surface area contributed by atoms with Crippen molar-refractivity contribution >= 4 is 11.6 Å². The largest absolute Gasteiger partial charge is 0.395 e. The van der Waals surface area contributed by atoms with E-state index in [1.54, 1.807) is 20.2 Å². The van der Waals surface area contributed by atoms with Crippen LogP contribution in [0.15, 0.2) is 6.07 Å². The van der Waals surface area contributed by atoms with Crippen LogP contribution < -0.4 is 10.6 Å². The summed E-state index contributed by atoms with van der Waals surface area (Å²) in [4.78, 5) is 8.41. The Hall–Kier alpha value is -1.40. The summed E-state index contributed by atoms with van der Waals surface area (Å²) in [6, 6.07) is 1.77. The maximum atomic E-state index is 8.68. The molecule has 0 saturated heterocycles. The third-order valence-electron chi connectivity index (χ3n) is 1.72. The maximum Gasteiger partial charge on any atom is 0.158 e. The Bertz CT molecular complexity index is 306. The van der Waals surface area contributed by atoms with Crippen LogP contribution in [0.4, 0.5) is 11.6 Å². The molecule has 1 aromatic rings. The quantitative estimate of drug-likeness (QED) is 0.619. The molecule has 0 unspecified atom stereocenters. The van der Waals surface area contributed by atoms with Gasteiger partial charge in [-0.3, -0.25) is 0 Å². The number of aromatic nitrogens is 2. The molecule has 0 fully saturated rings. The molecule has 0 aliphatic carbocycles. The van der Waals surface area contributed by atoms with Gasteiger partial charge in [0.25, 0.3) is 0 Å². The van der Waals surface area contributed by atoms with Gasteiger partial charge in [-0.25, -0.2) is 9.97 Å². The van der Waals surface area contributed by atoms with Crippen LogP contribution in [0.3, 0.4) is 0 Å². The summed E-state index contributed by atoms with van der Waals surface area (Å²) >= 11 is 0. The molecule has 0 bridgehead atoms. The number of methoxy groups -OCH3 is 1. The third-order valence-corrected chi connectivity index (χ3v) is 1.72. The van der Waals surface area contributed by atoms with E-state index in [2.05, 4.69) is 20.6 Å².